The van der Waals surface area contributed by atoms with Gasteiger partial charge < -0.3 is 14.9 Å². The van der Waals surface area contributed by atoms with Gasteiger partial charge in [0, 0.05) is 30.9 Å². The van der Waals surface area contributed by atoms with Crippen molar-refractivity contribution in [2.45, 2.75) is 45.7 Å². The van der Waals surface area contributed by atoms with E-state index >= 15 is 0 Å². The molecule has 0 radical (unpaired) electrons. The molecule has 3 aromatic rings. The van der Waals surface area contributed by atoms with E-state index in [1.807, 2.05) is 38.1 Å². The van der Waals surface area contributed by atoms with Crippen LogP contribution in [0.25, 0.3) is 11.1 Å². The molecule has 0 spiro atoms. The normalized spacial score (nSPS) is 12.8. The van der Waals surface area contributed by atoms with Gasteiger partial charge in [-0.1, -0.05) is 38.1 Å². The number of nitrogens with zero attached hydrogens (tertiary/aromatic N) is 1. The summed E-state index contributed by atoms with van der Waals surface area (Å²) in [5.41, 5.74) is 2.00. The highest BCUT2D eigenvalue weighted by Crippen LogP contribution is 2.26. The highest BCUT2D eigenvalue weighted by atomic mass is 16.2. The van der Waals surface area contributed by atoms with Crippen LogP contribution in [0.3, 0.4) is 0 Å². The fourth-order valence-electron chi connectivity index (χ4n) is 3.82. The van der Waals surface area contributed by atoms with Crippen molar-refractivity contribution in [1.29, 1.82) is 0 Å². The molecule has 0 fully saturated rings. The lowest BCUT2D eigenvalue weighted by Gasteiger charge is -2.25. The number of ketones is 1. The van der Waals surface area contributed by atoms with Gasteiger partial charge in [0.05, 0.1) is 6.04 Å². The molecule has 0 bridgehead atoms. The van der Waals surface area contributed by atoms with Crippen LogP contribution in [0.2, 0.25) is 0 Å². The number of H-pyrrole nitrogens is 1. The quantitative estimate of drug-likeness (QED) is 0.523. The zero-order valence-corrected chi connectivity index (χ0v) is 19.1. The lowest BCUT2D eigenvalue weighted by Crippen LogP contribution is -2.39. The third-order valence-electron chi connectivity index (χ3n) is 5.40. The molecule has 2 aromatic heterocycles. The zero-order valence-electron chi connectivity index (χ0n) is 19.1. The number of Topliss-reactive ketones (excluding diaryl/α,β-unsaturated/α-hetero) is 1. The first kappa shape index (κ1) is 23.9. The fraction of sp³-hybridized carbons (Fsp3) is 0.308. The molecule has 2 N–H and O–H groups in total. The molecule has 0 saturated heterocycles. The second-order valence-electron chi connectivity index (χ2n) is 8.63. The van der Waals surface area contributed by atoms with Gasteiger partial charge in [-0.3, -0.25) is 19.2 Å². The van der Waals surface area contributed by atoms with E-state index in [0.717, 1.165) is 16.7 Å². The Morgan fingerprint density at radius 2 is 1.79 bits per heavy atom. The first-order valence-corrected chi connectivity index (χ1v) is 11.0. The number of nitrogens with one attached hydrogen (secondary N) is 2. The smallest absolute Gasteiger partial charge is 0.251 e. The van der Waals surface area contributed by atoms with Crippen molar-refractivity contribution in [3.05, 3.63) is 93.3 Å². The van der Waals surface area contributed by atoms with E-state index in [-0.39, 0.29) is 35.1 Å². The first-order valence-electron chi connectivity index (χ1n) is 11.0. The Morgan fingerprint density at radius 3 is 2.42 bits per heavy atom. The van der Waals surface area contributed by atoms with Crippen LogP contribution in [-0.4, -0.2) is 21.2 Å². The van der Waals surface area contributed by atoms with Crippen LogP contribution in [0.15, 0.2) is 76.6 Å². The molecule has 0 unspecified atom stereocenters. The average molecular weight is 448 g/mol. The number of aromatic nitrogens is 2. The number of carbonyl (C=O) groups is 2. The molecule has 0 aliphatic heterocycles. The lowest BCUT2D eigenvalue weighted by atomic mass is 9.96. The Kier molecular flexibility index (Phi) is 7.77. The second kappa shape index (κ2) is 10.7. The van der Waals surface area contributed by atoms with Crippen molar-refractivity contribution in [3.63, 3.8) is 0 Å². The summed E-state index contributed by atoms with van der Waals surface area (Å²) in [4.78, 5) is 51.8. The van der Waals surface area contributed by atoms with Crippen molar-refractivity contribution in [1.82, 2.24) is 14.9 Å². The Hall–Kier alpha value is -3.74. The Balaban J connectivity index is 1.93. The van der Waals surface area contributed by atoms with Crippen LogP contribution >= 0.6 is 0 Å². The Morgan fingerprint density at radius 1 is 1.00 bits per heavy atom. The summed E-state index contributed by atoms with van der Waals surface area (Å²) < 4.78 is 1.44. The van der Waals surface area contributed by atoms with Crippen molar-refractivity contribution >= 4 is 11.7 Å². The predicted molar refractivity (Wildman–Crippen MR) is 128 cm³/mol. The van der Waals surface area contributed by atoms with Crippen molar-refractivity contribution in [2.24, 2.45) is 5.92 Å². The number of hydrogen-bond acceptors (Lipinski definition) is 4. The molecule has 1 amide bonds. The van der Waals surface area contributed by atoms with Gasteiger partial charge in [0.1, 0.15) is 11.8 Å². The monoisotopic (exact) mass is 447 g/mol. The minimum Gasteiger partial charge on any atom is -0.347 e. The van der Waals surface area contributed by atoms with E-state index in [1.54, 1.807) is 30.6 Å². The van der Waals surface area contributed by atoms with Gasteiger partial charge in [0.15, 0.2) is 0 Å². The molecule has 0 aliphatic rings. The number of aromatic amines is 1. The first-order chi connectivity index (χ1) is 15.7. The third-order valence-corrected chi connectivity index (χ3v) is 5.40. The van der Waals surface area contributed by atoms with E-state index in [1.165, 1.54) is 23.6 Å². The van der Waals surface area contributed by atoms with Gasteiger partial charge >= 0.3 is 0 Å². The van der Waals surface area contributed by atoms with Gasteiger partial charge in [-0.2, -0.15) is 0 Å². The van der Waals surface area contributed by atoms with E-state index in [2.05, 4.69) is 10.3 Å². The maximum absolute atomic E-state index is 13.4. The molecule has 1 aromatic carbocycles. The maximum atomic E-state index is 13.4. The molecule has 7 nitrogen and oxygen atoms in total. The van der Waals surface area contributed by atoms with E-state index in [0.29, 0.717) is 6.42 Å². The van der Waals surface area contributed by atoms with Crippen LogP contribution < -0.4 is 16.4 Å². The van der Waals surface area contributed by atoms with Gasteiger partial charge in [0.2, 0.25) is 11.5 Å². The molecular formula is C26H29N3O4. The Labute approximate surface area is 192 Å². The predicted octanol–water partition coefficient (Wildman–Crippen LogP) is 3.63. The number of carbonyl (C=O) groups excluding carboxylic acids is 2. The third kappa shape index (κ3) is 6.38. The van der Waals surface area contributed by atoms with E-state index < -0.39 is 12.1 Å². The minimum atomic E-state index is -0.685. The van der Waals surface area contributed by atoms with Crippen LogP contribution in [-0.2, 0) is 9.59 Å². The molecular weight excluding hydrogens is 418 g/mol. The van der Waals surface area contributed by atoms with Crippen molar-refractivity contribution in [2.75, 3.05) is 0 Å². The van der Waals surface area contributed by atoms with Gasteiger partial charge in [-0.05, 0) is 54.2 Å². The SMILES string of the molecule is CC(=O)C[C@H](NC(=O)[C@H](CC(C)C)n1ccccc1=O)c1cccc(-c2ccc(=O)[nH]c2)c1. The number of amides is 1. The Bertz CT molecular complexity index is 1220. The highest BCUT2D eigenvalue weighted by molar-refractivity contribution is 5.82. The second-order valence-corrected chi connectivity index (χ2v) is 8.63. The largest absolute Gasteiger partial charge is 0.347 e. The molecule has 0 aliphatic carbocycles. The van der Waals surface area contributed by atoms with Crippen molar-refractivity contribution in [3.8, 4) is 11.1 Å². The summed E-state index contributed by atoms with van der Waals surface area (Å²) in [5, 5.41) is 3.01. The summed E-state index contributed by atoms with van der Waals surface area (Å²) in [5.74, 6) is -0.188. The fourth-order valence-corrected chi connectivity index (χ4v) is 3.82. The average Bonchev–Trinajstić information content (AvgIpc) is 2.77. The topological polar surface area (TPSA) is 101 Å². The van der Waals surface area contributed by atoms with Crippen LogP contribution in [0.5, 0.6) is 0 Å². The summed E-state index contributed by atoms with van der Waals surface area (Å²) >= 11 is 0. The minimum absolute atomic E-state index is 0.0629. The lowest BCUT2D eigenvalue weighted by molar-refractivity contribution is -0.126. The summed E-state index contributed by atoms with van der Waals surface area (Å²) in [6.07, 6.45) is 3.85. The molecule has 3 rings (SSSR count). The summed E-state index contributed by atoms with van der Waals surface area (Å²) in [7, 11) is 0. The van der Waals surface area contributed by atoms with Crippen LogP contribution in [0.4, 0.5) is 0 Å². The standard InChI is InChI=1S/C26H29N3O4/c1-17(2)13-23(29-12-5-4-9-25(29)32)26(33)28-22(14-18(3)30)20-8-6-7-19(15-20)21-10-11-24(31)27-16-21/h4-12,15-17,22-23H,13-14H2,1-3H3,(H,27,31)(H,28,33)/t22-,23-/m0/s1. The summed E-state index contributed by atoms with van der Waals surface area (Å²) in [6.45, 7) is 5.47. The zero-order chi connectivity index (χ0) is 24.0. The summed E-state index contributed by atoms with van der Waals surface area (Å²) in [6, 6.07) is 14.2. The number of benzene rings is 1. The number of pyridine rings is 2. The van der Waals surface area contributed by atoms with Crippen LogP contribution in [0.1, 0.15) is 51.3 Å². The molecule has 0 saturated carbocycles. The molecule has 7 heteroatoms. The van der Waals surface area contributed by atoms with Gasteiger partial charge in [0.25, 0.3) is 5.56 Å². The highest BCUT2D eigenvalue weighted by Gasteiger charge is 2.26. The number of rotatable bonds is 9. The van der Waals surface area contributed by atoms with Crippen molar-refractivity contribution < 1.29 is 9.59 Å². The number of hydrogen-bond donors (Lipinski definition) is 2. The molecule has 33 heavy (non-hydrogen) atoms. The molecule has 2 heterocycles. The van der Waals surface area contributed by atoms with Crippen LogP contribution in [0, 0.1) is 5.92 Å². The maximum Gasteiger partial charge on any atom is 0.251 e. The van der Waals surface area contributed by atoms with E-state index in [4.69, 9.17) is 0 Å². The van der Waals surface area contributed by atoms with Gasteiger partial charge in [-0.15, -0.1) is 0 Å². The molecule has 2 atom stereocenters. The van der Waals surface area contributed by atoms with Gasteiger partial charge in [-0.25, -0.2) is 0 Å². The molecule has 172 valence electrons. The van der Waals surface area contributed by atoms with E-state index in [9.17, 15) is 19.2 Å².